The van der Waals surface area contributed by atoms with Crippen LogP contribution < -0.4 is 10.1 Å². The highest BCUT2D eigenvalue weighted by atomic mass is 19.1. The van der Waals surface area contributed by atoms with Crippen LogP contribution in [0.3, 0.4) is 0 Å². The molecule has 0 saturated heterocycles. The Balaban J connectivity index is 1.69. The molecule has 140 valence electrons. The molecule has 1 amide bonds. The van der Waals surface area contributed by atoms with Crippen LogP contribution in [0, 0.1) is 11.6 Å². The van der Waals surface area contributed by atoms with Gasteiger partial charge in [0.05, 0.1) is 24.1 Å². The Hall–Kier alpha value is -3.81. The molecule has 0 aliphatic rings. The molecule has 0 unspecified atom stereocenters. The molecule has 0 aliphatic carbocycles. The first-order valence-electron chi connectivity index (χ1n) is 8.29. The van der Waals surface area contributed by atoms with Gasteiger partial charge in [-0.2, -0.15) is 0 Å². The minimum atomic E-state index is -0.945. The van der Waals surface area contributed by atoms with Crippen molar-refractivity contribution in [3.8, 4) is 17.0 Å². The molecule has 0 radical (unpaired) electrons. The van der Waals surface area contributed by atoms with Crippen LogP contribution in [0.25, 0.3) is 17.0 Å². The van der Waals surface area contributed by atoms with E-state index >= 15 is 0 Å². The molecule has 0 spiro atoms. The van der Waals surface area contributed by atoms with Crippen LogP contribution in [0.4, 0.5) is 14.5 Å². The van der Waals surface area contributed by atoms with Gasteiger partial charge in [-0.3, -0.25) is 9.20 Å². The van der Waals surface area contributed by atoms with Crippen LogP contribution in [-0.2, 0) is 0 Å². The number of halogens is 2. The predicted octanol–water partition coefficient (Wildman–Crippen LogP) is 3.94. The average molecular weight is 380 g/mol. The lowest BCUT2D eigenvalue weighted by Crippen LogP contribution is -2.14. The number of imidazole rings is 1. The Bertz CT molecular complexity index is 1160. The summed E-state index contributed by atoms with van der Waals surface area (Å²) in [6.45, 7) is 0. The highest BCUT2D eigenvalue weighted by Crippen LogP contribution is 2.31. The summed E-state index contributed by atoms with van der Waals surface area (Å²) >= 11 is 0. The lowest BCUT2D eigenvalue weighted by atomic mass is 10.1. The molecule has 8 heteroatoms. The van der Waals surface area contributed by atoms with E-state index in [9.17, 15) is 13.6 Å². The zero-order valence-corrected chi connectivity index (χ0v) is 14.7. The van der Waals surface area contributed by atoms with E-state index in [-0.39, 0.29) is 5.56 Å². The second-order valence-corrected chi connectivity index (χ2v) is 5.95. The number of benzene rings is 2. The van der Waals surface area contributed by atoms with E-state index in [1.165, 1.54) is 7.11 Å². The van der Waals surface area contributed by atoms with E-state index in [4.69, 9.17) is 4.74 Å². The van der Waals surface area contributed by atoms with Gasteiger partial charge in [0.15, 0.2) is 0 Å². The quantitative estimate of drug-likeness (QED) is 0.582. The van der Waals surface area contributed by atoms with Gasteiger partial charge in [-0.15, -0.1) is 0 Å². The van der Waals surface area contributed by atoms with Crippen LogP contribution in [0.2, 0.25) is 0 Å². The highest BCUT2D eigenvalue weighted by Gasteiger charge is 2.16. The highest BCUT2D eigenvalue weighted by molar-refractivity contribution is 6.05. The van der Waals surface area contributed by atoms with Crippen LogP contribution in [-0.4, -0.2) is 27.4 Å². The van der Waals surface area contributed by atoms with Gasteiger partial charge < -0.3 is 10.1 Å². The van der Waals surface area contributed by atoms with Gasteiger partial charge in [0.1, 0.15) is 17.4 Å². The van der Waals surface area contributed by atoms with Crippen molar-refractivity contribution in [3.05, 3.63) is 78.3 Å². The van der Waals surface area contributed by atoms with Crippen LogP contribution in [0.15, 0.2) is 61.1 Å². The van der Waals surface area contributed by atoms with Crippen LogP contribution in [0.5, 0.6) is 5.75 Å². The SMILES string of the molecule is COc1ccc(-c2cn3cccnc3n2)cc1NC(=O)c1ccc(F)cc1F. The zero-order valence-electron chi connectivity index (χ0n) is 14.7. The molecule has 4 aromatic rings. The molecule has 0 bridgehead atoms. The minimum Gasteiger partial charge on any atom is -0.495 e. The second-order valence-electron chi connectivity index (χ2n) is 5.95. The second kappa shape index (κ2) is 7.07. The van der Waals surface area contributed by atoms with Crippen molar-refractivity contribution in [2.45, 2.75) is 0 Å². The fourth-order valence-electron chi connectivity index (χ4n) is 2.80. The third kappa shape index (κ3) is 3.27. The largest absolute Gasteiger partial charge is 0.495 e. The molecular weight excluding hydrogens is 366 g/mol. The minimum absolute atomic E-state index is 0.272. The van der Waals surface area contributed by atoms with E-state index < -0.39 is 17.5 Å². The van der Waals surface area contributed by atoms with Gasteiger partial charge in [0, 0.05) is 30.2 Å². The number of nitrogens with zero attached hydrogens (tertiary/aromatic N) is 3. The standard InChI is InChI=1S/C20H14F2N4O2/c1-28-18-6-3-12(17-11-26-8-2-7-23-20(26)25-17)9-16(18)24-19(27)14-5-4-13(21)10-15(14)22/h2-11H,1H3,(H,24,27). The number of anilines is 1. The summed E-state index contributed by atoms with van der Waals surface area (Å²) in [7, 11) is 1.46. The number of aromatic nitrogens is 3. The lowest BCUT2D eigenvalue weighted by Gasteiger charge is -2.12. The number of fused-ring (bicyclic) bond motifs is 1. The van der Waals surface area contributed by atoms with Crippen LogP contribution in [0.1, 0.15) is 10.4 Å². The molecule has 4 rings (SSSR count). The molecule has 0 aliphatic heterocycles. The fourth-order valence-corrected chi connectivity index (χ4v) is 2.80. The molecule has 6 nitrogen and oxygen atoms in total. The number of nitrogens with one attached hydrogen (secondary N) is 1. The average Bonchev–Trinajstić information content (AvgIpc) is 3.12. The van der Waals surface area contributed by atoms with E-state index in [0.717, 1.165) is 12.1 Å². The summed E-state index contributed by atoms with van der Waals surface area (Å²) in [5.41, 5.74) is 1.41. The Morgan fingerprint density at radius 2 is 2.04 bits per heavy atom. The Morgan fingerprint density at radius 3 is 2.79 bits per heavy atom. The first kappa shape index (κ1) is 17.6. The van der Waals surface area contributed by atoms with E-state index in [2.05, 4.69) is 15.3 Å². The molecule has 2 aromatic carbocycles. The van der Waals surface area contributed by atoms with Crippen LogP contribution >= 0.6 is 0 Å². The number of carbonyl (C=O) groups is 1. The third-order valence-electron chi connectivity index (χ3n) is 4.15. The summed E-state index contributed by atoms with van der Waals surface area (Å²) < 4.78 is 34.0. The Morgan fingerprint density at radius 1 is 1.18 bits per heavy atom. The monoisotopic (exact) mass is 380 g/mol. The number of amides is 1. The fraction of sp³-hybridized carbons (Fsp3) is 0.0500. The van der Waals surface area contributed by atoms with Crippen molar-refractivity contribution >= 4 is 17.4 Å². The van der Waals surface area contributed by atoms with Crippen molar-refractivity contribution in [2.75, 3.05) is 12.4 Å². The van der Waals surface area contributed by atoms with Gasteiger partial charge in [0.2, 0.25) is 5.78 Å². The lowest BCUT2D eigenvalue weighted by molar-refractivity contribution is 0.102. The Kier molecular flexibility index (Phi) is 4.44. The maximum atomic E-state index is 13.9. The van der Waals surface area contributed by atoms with E-state index in [1.807, 2.05) is 6.20 Å². The summed E-state index contributed by atoms with van der Waals surface area (Å²) in [4.78, 5) is 21.1. The molecule has 0 saturated carbocycles. The molecule has 0 fully saturated rings. The zero-order chi connectivity index (χ0) is 19.7. The predicted molar refractivity (Wildman–Crippen MR) is 99.3 cm³/mol. The van der Waals surface area contributed by atoms with E-state index in [1.54, 1.807) is 41.1 Å². The van der Waals surface area contributed by atoms with Crippen molar-refractivity contribution in [3.63, 3.8) is 0 Å². The van der Waals surface area contributed by atoms with E-state index in [0.29, 0.717) is 34.5 Å². The number of hydrogen-bond acceptors (Lipinski definition) is 4. The summed E-state index contributed by atoms with van der Waals surface area (Å²) in [6, 6.07) is 9.68. The van der Waals surface area contributed by atoms with Crippen molar-refractivity contribution < 1.29 is 18.3 Å². The van der Waals surface area contributed by atoms with Gasteiger partial charge >= 0.3 is 0 Å². The molecule has 2 aromatic heterocycles. The molecule has 1 N–H and O–H groups in total. The number of ether oxygens (including phenoxy) is 1. The van der Waals surface area contributed by atoms with Gasteiger partial charge in [-0.1, -0.05) is 0 Å². The topological polar surface area (TPSA) is 68.5 Å². The number of rotatable bonds is 4. The number of hydrogen-bond donors (Lipinski definition) is 1. The summed E-state index contributed by atoms with van der Waals surface area (Å²) in [5, 5.41) is 2.61. The number of carbonyl (C=O) groups excluding carboxylic acids is 1. The van der Waals surface area contributed by atoms with Gasteiger partial charge in [0.25, 0.3) is 5.91 Å². The third-order valence-corrected chi connectivity index (χ3v) is 4.15. The maximum Gasteiger partial charge on any atom is 0.258 e. The molecular formula is C20H14F2N4O2. The van der Waals surface area contributed by atoms with Gasteiger partial charge in [-0.05, 0) is 36.4 Å². The van der Waals surface area contributed by atoms with Crippen molar-refractivity contribution in [1.29, 1.82) is 0 Å². The summed E-state index contributed by atoms with van der Waals surface area (Å²) in [5.74, 6) is -1.49. The maximum absolute atomic E-state index is 13.9. The van der Waals surface area contributed by atoms with Gasteiger partial charge in [-0.25, -0.2) is 18.7 Å². The molecule has 28 heavy (non-hydrogen) atoms. The Labute approximate surface area is 158 Å². The number of methoxy groups -OCH3 is 1. The smallest absolute Gasteiger partial charge is 0.258 e. The normalized spacial score (nSPS) is 10.8. The first-order valence-corrected chi connectivity index (χ1v) is 8.29. The summed E-state index contributed by atoms with van der Waals surface area (Å²) in [6.07, 6.45) is 5.26. The van der Waals surface area contributed by atoms with Crippen molar-refractivity contribution in [1.82, 2.24) is 14.4 Å². The van der Waals surface area contributed by atoms with Crippen molar-refractivity contribution in [2.24, 2.45) is 0 Å². The first-order chi connectivity index (χ1) is 13.5. The molecule has 2 heterocycles. The molecule has 0 atom stereocenters.